The van der Waals surface area contributed by atoms with Crippen LogP contribution >= 0.6 is 0 Å². The first-order valence-corrected chi connectivity index (χ1v) is 7.11. The highest BCUT2D eigenvalue weighted by atomic mass is 15.2. The molecule has 4 heteroatoms. The number of aryl methyl sites for hydroxylation is 1. The van der Waals surface area contributed by atoms with Crippen LogP contribution in [-0.4, -0.2) is 41.1 Å². The van der Waals surface area contributed by atoms with Crippen LogP contribution in [0.2, 0.25) is 0 Å². The molecule has 1 aliphatic heterocycles. The molecule has 2 heterocycles. The largest absolute Gasteiger partial charge is 0.336 e. The molecule has 0 amide bonds. The topological polar surface area (TPSA) is 33.1 Å². The number of piperidine rings is 1. The molecular formula is C14H26N4. The summed E-state index contributed by atoms with van der Waals surface area (Å²) in [6, 6.07) is 0.510. The minimum Gasteiger partial charge on any atom is -0.336 e. The van der Waals surface area contributed by atoms with Crippen LogP contribution in [0.3, 0.4) is 0 Å². The van der Waals surface area contributed by atoms with Gasteiger partial charge in [-0.25, -0.2) is 4.98 Å². The number of aromatic nitrogens is 2. The molecule has 0 bridgehead atoms. The molecule has 4 nitrogen and oxygen atoms in total. The average Bonchev–Trinajstić information content (AvgIpc) is 2.76. The minimum absolute atomic E-state index is 0.510. The zero-order valence-corrected chi connectivity index (χ0v) is 11.9. The molecule has 0 aromatic carbocycles. The molecule has 0 radical (unpaired) electrons. The van der Waals surface area contributed by atoms with Gasteiger partial charge < -0.3 is 9.88 Å². The van der Waals surface area contributed by atoms with E-state index in [2.05, 4.69) is 40.8 Å². The predicted molar refractivity (Wildman–Crippen MR) is 74.5 cm³/mol. The van der Waals surface area contributed by atoms with Crippen molar-refractivity contribution in [3.63, 3.8) is 0 Å². The molecule has 0 aliphatic carbocycles. The summed E-state index contributed by atoms with van der Waals surface area (Å²) in [6.07, 6.45) is 7.77. The van der Waals surface area contributed by atoms with Gasteiger partial charge >= 0.3 is 0 Å². The Morgan fingerprint density at radius 3 is 2.94 bits per heavy atom. The van der Waals surface area contributed by atoms with E-state index in [-0.39, 0.29) is 0 Å². The molecule has 1 N–H and O–H groups in total. The van der Waals surface area contributed by atoms with Crippen LogP contribution in [0.4, 0.5) is 0 Å². The van der Waals surface area contributed by atoms with Crippen LogP contribution in [-0.2, 0) is 7.05 Å². The fraction of sp³-hybridized carbons (Fsp3) is 0.786. The van der Waals surface area contributed by atoms with Crippen molar-refractivity contribution < 1.29 is 0 Å². The molecule has 1 saturated heterocycles. The van der Waals surface area contributed by atoms with Gasteiger partial charge in [0.15, 0.2) is 0 Å². The van der Waals surface area contributed by atoms with E-state index in [0.29, 0.717) is 12.0 Å². The van der Waals surface area contributed by atoms with E-state index in [9.17, 15) is 0 Å². The van der Waals surface area contributed by atoms with Crippen LogP contribution in [0.25, 0.3) is 0 Å². The second-order valence-electron chi connectivity index (χ2n) is 5.46. The molecular weight excluding hydrogens is 224 g/mol. The molecule has 1 aliphatic rings. The standard InChI is InChI=1S/C14H26N4/c1-4-7-15-9-12-6-5-8-17(2)14(12)13-10-16-11-18(13)3/h10-12,14-15H,4-9H2,1-3H3. The Kier molecular flexibility index (Phi) is 4.78. The molecule has 2 unspecified atom stereocenters. The lowest BCUT2D eigenvalue weighted by Gasteiger charge is -2.39. The third kappa shape index (κ3) is 2.93. The van der Waals surface area contributed by atoms with Crippen LogP contribution in [0.5, 0.6) is 0 Å². The number of likely N-dealkylation sites (tertiary alicyclic amines) is 1. The Labute approximate surface area is 110 Å². The number of hydrogen-bond acceptors (Lipinski definition) is 3. The molecule has 102 valence electrons. The number of hydrogen-bond donors (Lipinski definition) is 1. The fourth-order valence-corrected chi connectivity index (χ4v) is 3.06. The van der Waals surface area contributed by atoms with E-state index in [0.717, 1.165) is 13.1 Å². The first-order valence-electron chi connectivity index (χ1n) is 7.11. The third-order valence-electron chi connectivity index (χ3n) is 4.00. The van der Waals surface area contributed by atoms with Gasteiger partial charge in [-0.15, -0.1) is 0 Å². The smallest absolute Gasteiger partial charge is 0.0946 e. The Balaban J connectivity index is 2.08. The maximum Gasteiger partial charge on any atom is 0.0946 e. The first kappa shape index (κ1) is 13.6. The van der Waals surface area contributed by atoms with E-state index in [1.54, 1.807) is 0 Å². The van der Waals surface area contributed by atoms with E-state index in [1.165, 1.54) is 31.5 Å². The van der Waals surface area contributed by atoms with E-state index < -0.39 is 0 Å². The monoisotopic (exact) mass is 250 g/mol. The summed E-state index contributed by atoms with van der Waals surface area (Å²) >= 11 is 0. The van der Waals surface area contributed by atoms with E-state index in [4.69, 9.17) is 0 Å². The lowest BCUT2D eigenvalue weighted by Crippen LogP contribution is -2.41. The molecule has 1 aromatic rings. The van der Waals surface area contributed by atoms with Crippen molar-refractivity contribution in [3.05, 3.63) is 18.2 Å². The van der Waals surface area contributed by atoms with Crippen molar-refractivity contribution in [1.82, 2.24) is 19.8 Å². The summed E-state index contributed by atoms with van der Waals surface area (Å²) in [4.78, 5) is 6.76. The molecule has 2 atom stereocenters. The van der Waals surface area contributed by atoms with Gasteiger partial charge in [0.2, 0.25) is 0 Å². The molecule has 0 spiro atoms. The van der Waals surface area contributed by atoms with Crippen molar-refractivity contribution in [1.29, 1.82) is 0 Å². The number of rotatable bonds is 5. The van der Waals surface area contributed by atoms with Gasteiger partial charge in [0, 0.05) is 13.2 Å². The van der Waals surface area contributed by atoms with Crippen molar-refractivity contribution >= 4 is 0 Å². The summed E-state index contributed by atoms with van der Waals surface area (Å²) in [5.41, 5.74) is 1.35. The number of nitrogens with one attached hydrogen (secondary N) is 1. The molecule has 1 fully saturated rings. The van der Waals surface area contributed by atoms with Gasteiger partial charge in [0.1, 0.15) is 0 Å². The number of imidazole rings is 1. The van der Waals surface area contributed by atoms with Crippen LogP contribution in [0, 0.1) is 5.92 Å². The Hall–Kier alpha value is -0.870. The lowest BCUT2D eigenvalue weighted by atomic mass is 9.87. The summed E-state index contributed by atoms with van der Waals surface area (Å²) in [7, 11) is 4.34. The Bertz CT molecular complexity index is 360. The van der Waals surface area contributed by atoms with Gasteiger partial charge in [-0.3, -0.25) is 4.90 Å². The van der Waals surface area contributed by atoms with Crippen molar-refractivity contribution in [2.45, 2.75) is 32.2 Å². The highest BCUT2D eigenvalue weighted by Crippen LogP contribution is 2.34. The number of nitrogens with zero attached hydrogens (tertiary/aromatic N) is 3. The normalized spacial score (nSPS) is 25.5. The van der Waals surface area contributed by atoms with Crippen LogP contribution in [0.1, 0.15) is 37.9 Å². The second kappa shape index (κ2) is 6.34. The highest BCUT2D eigenvalue weighted by molar-refractivity contribution is 5.08. The van der Waals surface area contributed by atoms with Crippen molar-refractivity contribution in [2.75, 3.05) is 26.7 Å². The predicted octanol–water partition coefficient (Wildman–Crippen LogP) is 1.80. The van der Waals surface area contributed by atoms with Crippen LogP contribution in [0.15, 0.2) is 12.5 Å². The second-order valence-corrected chi connectivity index (χ2v) is 5.46. The van der Waals surface area contributed by atoms with Gasteiger partial charge in [-0.1, -0.05) is 6.92 Å². The quantitative estimate of drug-likeness (QED) is 0.809. The van der Waals surface area contributed by atoms with Gasteiger partial charge in [-0.2, -0.15) is 0 Å². The maximum absolute atomic E-state index is 4.28. The Morgan fingerprint density at radius 1 is 1.44 bits per heavy atom. The molecule has 0 saturated carbocycles. The summed E-state index contributed by atoms with van der Waals surface area (Å²) in [6.45, 7) is 5.66. The zero-order valence-electron chi connectivity index (χ0n) is 11.9. The summed E-state index contributed by atoms with van der Waals surface area (Å²) in [5.74, 6) is 0.700. The minimum atomic E-state index is 0.510. The SMILES string of the molecule is CCCNCC1CCCN(C)C1c1cncn1C. The van der Waals surface area contributed by atoms with Crippen molar-refractivity contribution in [3.8, 4) is 0 Å². The van der Waals surface area contributed by atoms with Gasteiger partial charge in [0.05, 0.1) is 18.1 Å². The lowest BCUT2D eigenvalue weighted by molar-refractivity contribution is 0.114. The van der Waals surface area contributed by atoms with Crippen molar-refractivity contribution in [2.24, 2.45) is 13.0 Å². The Morgan fingerprint density at radius 2 is 2.28 bits per heavy atom. The van der Waals surface area contributed by atoms with E-state index in [1.807, 2.05) is 12.5 Å². The molecule has 2 rings (SSSR count). The maximum atomic E-state index is 4.28. The fourth-order valence-electron chi connectivity index (χ4n) is 3.06. The van der Waals surface area contributed by atoms with Gasteiger partial charge in [0.25, 0.3) is 0 Å². The van der Waals surface area contributed by atoms with Gasteiger partial charge in [-0.05, 0) is 51.9 Å². The molecule has 1 aromatic heterocycles. The van der Waals surface area contributed by atoms with Crippen LogP contribution < -0.4 is 5.32 Å². The highest BCUT2D eigenvalue weighted by Gasteiger charge is 2.31. The first-order chi connectivity index (χ1) is 8.74. The zero-order chi connectivity index (χ0) is 13.0. The summed E-state index contributed by atoms with van der Waals surface area (Å²) < 4.78 is 2.17. The van der Waals surface area contributed by atoms with E-state index >= 15 is 0 Å². The summed E-state index contributed by atoms with van der Waals surface area (Å²) in [5, 5.41) is 3.58. The average molecular weight is 250 g/mol. The molecule has 18 heavy (non-hydrogen) atoms. The third-order valence-corrected chi connectivity index (χ3v) is 4.00.